The molecule has 1 atom stereocenters. The lowest BCUT2D eigenvalue weighted by molar-refractivity contribution is 0.460. The fourth-order valence-electron chi connectivity index (χ4n) is 2.44. The Hall–Kier alpha value is -0.730. The van der Waals surface area contributed by atoms with Crippen LogP contribution in [0.1, 0.15) is 20.8 Å². The first-order chi connectivity index (χ1) is 8.00. The van der Waals surface area contributed by atoms with E-state index in [9.17, 15) is 0 Å². The number of anilines is 1. The number of rotatable bonds is 1. The van der Waals surface area contributed by atoms with E-state index in [-0.39, 0.29) is 5.54 Å². The minimum Gasteiger partial charge on any atom is -0.364 e. The molecule has 3 heteroatoms. The minimum atomic E-state index is 0.0930. The first-order valence-electron chi connectivity index (χ1n) is 6.23. The zero-order valence-electron chi connectivity index (χ0n) is 10.8. The van der Waals surface area contributed by atoms with E-state index < -0.39 is 0 Å². The van der Waals surface area contributed by atoms with Gasteiger partial charge in [0, 0.05) is 18.6 Å². The Bertz CT molecular complexity index is 390. The molecule has 0 aliphatic carbocycles. The minimum absolute atomic E-state index is 0.0930. The Labute approximate surface area is 109 Å². The average Bonchev–Trinajstić information content (AvgIpc) is 2.38. The van der Waals surface area contributed by atoms with Crippen molar-refractivity contribution in [3.63, 3.8) is 0 Å². The third-order valence-corrected chi connectivity index (χ3v) is 3.74. The lowest BCUT2D eigenvalue weighted by Crippen LogP contribution is -2.49. The molecule has 0 bridgehead atoms. The summed E-state index contributed by atoms with van der Waals surface area (Å²) in [5.41, 5.74) is 1.24. The predicted molar refractivity (Wildman–Crippen MR) is 74.9 cm³/mol. The Morgan fingerprint density at radius 2 is 2.06 bits per heavy atom. The molecule has 1 saturated heterocycles. The van der Waals surface area contributed by atoms with E-state index in [2.05, 4.69) is 43.1 Å². The molecular weight excluding hydrogens is 232 g/mol. The third-order valence-electron chi connectivity index (χ3n) is 3.42. The van der Waals surface area contributed by atoms with Gasteiger partial charge in [0.25, 0.3) is 0 Å². The molecule has 0 radical (unpaired) electrons. The molecule has 17 heavy (non-hydrogen) atoms. The number of benzene rings is 1. The molecule has 0 amide bonds. The highest BCUT2D eigenvalue weighted by molar-refractivity contribution is 6.33. The van der Waals surface area contributed by atoms with Crippen LogP contribution in [0.4, 0.5) is 5.69 Å². The number of halogens is 1. The molecule has 1 fully saturated rings. The molecule has 1 aliphatic heterocycles. The molecule has 0 saturated carbocycles. The molecular formula is C14H21ClN2. The Kier molecular flexibility index (Phi) is 3.64. The van der Waals surface area contributed by atoms with Gasteiger partial charge in [-0.1, -0.05) is 30.7 Å². The summed E-state index contributed by atoms with van der Waals surface area (Å²) in [7, 11) is 0. The van der Waals surface area contributed by atoms with Crippen LogP contribution in [0.25, 0.3) is 0 Å². The zero-order valence-corrected chi connectivity index (χ0v) is 11.6. The smallest absolute Gasteiger partial charge is 0.0639 e. The summed E-state index contributed by atoms with van der Waals surface area (Å²) in [6.07, 6.45) is 0. The summed E-state index contributed by atoms with van der Waals surface area (Å²) < 4.78 is 0. The Morgan fingerprint density at radius 1 is 1.35 bits per heavy atom. The summed E-state index contributed by atoms with van der Waals surface area (Å²) in [5, 5.41) is 4.36. The lowest BCUT2D eigenvalue weighted by Gasteiger charge is -2.40. The third kappa shape index (κ3) is 2.75. The van der Waals surface area contributed by atoms with Crippen molar-refractivity contribution in [3.05, 3.63) is 29.3 Å². The topological polar surface area (TPSA) is 15.3 Å². The first-order valence-corrected chi connectivity index (χ1v) is 6.61. The van der Waals surface area contributed by atoms with Crippen molar-refractivity contribution in [1.29, 1.82) is 0 Å². The van der Waals surface area contributed by atoms with E-state index in [1.54, 1.807) is 0 Å². The molecule has 1 aromatic rings. The lowest BCUT2D eigenvalue weighted by atomic mass is 10.0. The fourth-order valence-corrected chi connectivity index (χ4v) is 2.68. The number of para-hydroxylation sites is 1. The maximum absolute atomic E-state index is 6.32. The van der Waals surface area contributed by atoms with Gasteiger partial charge in [-0.05, 0) is 38.4 Å². The number of nitrogens with one attached hydrogen (secondary N) is 1. The van der Waals surface area contributed by atoms with Gasteiger partial charge in [0.05, 0.1) is 10.7 Å². The molecule has 0 spiro atoms. The molecule has 1 N–H and O–H groups in total. The quantitative estimate of drug-likeness (QED) is 0.826. The van der Waals surface area contributed by atoms with Crippen molar-refractivity contribution in [2.75, 3.05) is 24.5 Å². The number of hydrogen-bond acceptors (Lipinski definition) is 2. The van der Waals surface area contributed by atoms with Crippen LogP contribution in [0.2, 0.25) is 5.02 Å². The van der Waals surface area contributed by atoms with Crippen molar-refractivity contribution in [2.24, 2.45) is 5.92 Å². The van der Waals surface area contributed by atoms with Crippen LogP contribution >= 0.6 is 11.6 Å². The molecule has 1 unspecified atom stereocenters. The summed E-state index contributed by atoms with van der Waals surface area (Å²) in [4.78, 5) is 2.43. The van der Waals surface area contributed by atoms with Crippen molar-refractivity contribution in [2.45, 2.75) is 26.3 Å². The molecule has 0 aromatic heterocycles. The maximum Gasteiger partial charge on any atom is 0.0639 e. The summed E-state index contributed by atoms with van der Waals surface area (Å²) >= 11 is 6.32. The second kappa shape index (κ2) is 4.87. The standard InChI is InChI=1S/C14H21ClN2/c1-11-8-16-10-14(2,3)17(9-11)13-7-5-4-6-12(13)15/h4-7,11,16H,8-10H2,1-3H3. The molecule has 2 rings (SSSR count). The van der Waals surface area contributed by atoms with E-state index in [0.717, 1.165) is 30.3 Å². The van der Waals surface area contributed by atoms with Crippen LogP contribution in [0.5, 0.6) is 0 Å². The fraction of sp³-hybridized carbons (Fsp3) is 0.571. The van der Waals surface area contributed by atoms with E-state index in [1.807, 2.05) is 12.1 Å². The normalized spacial score (nSPS) is 24.5. The maximum atomic E-state index is 6.32. The largest absolute Gasteiger partial charge is 0.364 e. The van der Waals surface area contributed by atoms with Gasteiger partial charge in [-0.2, -0.15) is 0 Å². The van der Waals surface area contributed by atoms with Gasteiger partial charge in [0.15, 0.2) is 0 Å². The monoisotopic (exact) mass is 252 g/mol. The van der Waals surface area contributed by atoms with Crippen molar-refractivity contribution < 1.29 is 0 Å². The first kappa shape index (κ1) is 12.7. The van der Waals surface area contributed by atoms with Gasteiger partial charge in [0.1, 0.15) is 0 Å². The van der Waals surface area contributed by atoms with E-state index in [1.165, 1.54) is 0 Å². The average molecular weight is 253 g/mol. The molecule has 1 heterocycles. The Morgan fingerprint density at radius 3 is 2.76 bits per heavy atom. The molecule has 1 aromatic carbocycles. The van der Waals surface area contributed by atoms with Gasteiger partial charge in [-0.15, -0.1) is 0 Å². The highest BCUT2D eigenvalue weighted by Crippen LogP contribution is 2.32. The summed E-state index contributed by atoms with van der Waals surface area (Å²) in [6, 6.07) is 8.12. The van der Waals surface area contributed by atoms with Crippen molar-refractivity contribution >= 4 is 17.3 Å². The van der Waals surface area contributed by atoms with Gasteiger partial charge in [-0.3, -0.25) is 0 Å². The van der Waals surface area contributed by atoms with Gasteiger partial charge >= 0.3 is 0 Å². The van der Waals surface area contributed by atoms with Gasteiger partial charge < -0.3 is 10.2 Å². The SMILES string of the molecule is CC1CNCC(C)(C)N(c2ccccc2Cl)C1. The molecule has 2 nitrogen and oxygen atoms in total. The van der Waals surface area contributed by atoms with Gasteiger partial charge in [0.2, 0.25) is 0 Å². The van der Waals surface area contributed by atoms with E-state index in [0.29, 0.717) is 5.92 Å². The zero-order chi connectivity index (χ0) is 12.5. The highest BCUT2D eigenvalue weighted by atomic mass is 35.5. The second-order valence-electron chi connectivity index (χ2n) is 5.61. The summed E-state index contributed by atoms with van der Waals surface area (Å²) in [6.45, 7) is 9.91. The second-order valence-corrected chi connectivity index (χ2v) is 6.02. The van der Waals surface area contributed by atoms with Crippen molar-refractivity contribution in [3.8, 4) is 0 Å². The molecule has 94 valence electrons. The van der Waals surface area contributed by atoms with Crippen LogP contribution < -0.4 is 10.2 Å². The number of nitrogens with zero attached hydrogens (tertiary/aromatic N) is 1. The Balaban J connectivity index is 2.36. The highest BCUT2D eigenvalue weighted by Gasteiger charge is 2.31. The summed E-state index contributed by atoms with van der Waals surface area (Å²) in [5.74, 6) is 0.632. The number of hydrogen-bond donors (Lipinski definition) is 1. The van der Waals surface area contributed by atoms with Crippen LogP contribution in [0.15, 0.2) is 24.3 Å². The van der Waals surface area contributed by atoms with Gasteiger partial charge in [-0.25, -0.2) is 0 Å². The predicted octanol–water partition coefficient (Wildman–Crippen LogP) is 3.16. The van der Waals surface area contributed by atoms with E-state index >= 15 is 0 Å². The van der Waals surface area contributed by atoms with Crippen LogP contribution in [-0.4, -0.2) is 25.2 Å². The van der Waals surface area contributed by atoms with Crippen LogP contribution in [0, 0.1) is 5.92 Å². The molecule has 1 aliphatic rings. The van der Waals surface area contributed by atoms with Crippen molar-refractivity contribution in [1.82, 2.24) is 5.32 Å². The van der Waals surface area contributed by atoms with Crippen LogP contribution in [0.3, 0.4) is 0 Å². The van der Waals surface area contributed by atoms with E-state index in [4.69, 9.17) is 11.6 Å². The van der Waals surface area contributed by atoms with Crippen LogP contribution in [-0.2, 0) is 0 Å².